The van der Waals surface area contributed by atoms with Crippen molar-refractivity contribution in [1.29, 1.82) is 0 Å². The van der Waals surface area contributed by atoms with Gasteiger partial charge < -0.3 is 10.1 Å². The molecule has 0 aliphatic heterocycles. The number of hydrogen-bond acceptors (Lipinski definition) is 2. The van der Waals surface area contributed by atoms with Crippen LogP contribution in [0.2, 0.25) is 0 Å². The molecule has 0 saturated heterocycles. The van der Waals surface area contributed by atoms with Crippen LogP contribution in [0.3, 0.4) is 0 Å². The number of rotatable bonds is 5. The molecular formula is C17H19NO2. The summed E-state index contributed by atoms with van der Waals surface area (Å²) in [5, 5.41) is 2.89. The molecular weight excluding hydrogens is 250 g/mol. The minimum atomic E-state index is -0.127. The van der Waals surface area contributed by atoms with E-state index in [9.17, 15) is 4.79 Å². The van der Waals surface area contributed by atoms with Crippen LogP contribution in [0.15, 0.2) is 48.5 Å². The zero-order chi connectivity index (χ0) is 14.4. The van der Waals surface area contributed by atoms with Crippen molar-refractivity contribution in [2.24, 2.45) is 0 Å². The van der Waals surface area contributed by atoms with E-state index in [2.05, 4.69) is 5.32 Å². The molecule has 0 unspecified atom stereocenters. The smallest absolute Gasteiger partial charge is 0.255 e. The van der Waals surface area contributed by atoms with Crippen LogP contribution in [-0.4, -0.2) is 12.5 Å². The van der Waals surface area contributed by atoms with Gasteiger partial charge in [0.1, 0.15) is 5.75 Å². The molecule has 0 radical (unpaired) electrons. The van der Waals surface area contributed by atoms with Crippen LogP contribution in [0.5, 0.6) is 5.75 Å². The van der Waals surface area contributed by atoms with Gasteiger partial charge in [-0.15, -0.1) is 0 Å². The number of amides is 1. The summed E-state index contributed by atoms with van der Waals surface area (Å²) in [6, 6.07) is 15.0. The summed E-state index contributed by atoms with van der Waals surface area (Å²) in [4.78, 5) is 12.2. The second-order valence-electron chi connectivity index (χ2n) is 4.70. The Balaban J connectivity index is 2.09. The Morgan fingerprint density at radius 2 is 1.95 bits per heavy atom. The lowest BCUT2D eigenvalue weighted by Gasteiger charge is -2.08. The number of nitrogens with one attached hydrogen (secondary N) is 1. The molecule has 2 aromatic rings. The molecule has 0 bridgehead atoms. The van der Waals surface area contributed by atoms with Crippen molar-refractivity contribution in [2.75, 3.05) is 11.9 Å². The topological polar surface area (TPSA) is 38.3 Å². The van der Waals surface area contributed by atoms with E-state index in [1.54, 1.807) is 12.1 Å². The standard InChI is InChI=1S/C17H19NO2/c1-3-10-20-16-9-5-7-14(12-16)17(19)18-15-8-4-6-13(2)11-15/h4-9,11-12H,3,10H2,1-2H3,(H,18,19). The number of benzene rings is 2. The highest BCUT2D eigenvalue weighted by molar-refractivity contribution is 6.04. The highest BCUT2D eigenvalue weighted by Gasteiger charge is 2.07. The van der Waals surface area contributed by atoms with E-state index < -0.39 is 0 Å². The summed E-state index contributed by atoms with van der Waals surface area (Å²) in [5.74, 6) is 0.598. The van der Waals surface area contributed by atoms with Gasteiger partial charge in [0.05, 0.1) is 6.61 Å². The minimum Gasteiger partial charge on any atom is -0.494 e. The summed E-state index contributed by atoms with van der Waals surface area (Å²) >= 11 is 0. The van der Waals surface area contributed by atoms with Crippen molar-refractivity contribution >= 4 is 11.6 Å². The molecule has 2 aromatic carbocycles. The lowest BCUT2D eigenvalue weighted by molar-refractivity contribution is 0.102. The third-order valence-electron chi connectivity index (χ3n) is 2.85. The first-order valence-corrected chi connectivity index (χ1v) is 6.80. The Hall–Kier alpha value is -2.29. The van der Waals surface area contributed by atoms with Gasteiger partial charge >= 0.3 is 0 Å². The first-order valence-electron chi connectivity index (χ1n) is 6.80. The van der Waals surface area contributed by atoms with Crippen molar-refractivity contribution in [1.82, 2.24) is 0 Å². The highest BCUT2D eigenvalue weighted by Crippen LogP contribution is 2.16. The Morgan fingerprint density at radius 3 is 2.70 bits per heavy atom. The molecule has 0 fully saturated rings. The molecule has 0 saturated carbocycles. The molecule has 3 nitrogen and oxygen atoms in total. The number of ether oxygens (including phenoxy) is 1. The number of aryl methyl sites for hydroxylation is 1. The minimum absolute atomic E-state index is 0.127. The second kappa shape index (κ2) is 6.75. The van der Waals surface area contributed by atoms with E-state index in [1.165, 1.54) is 0 Å². The molecule has 1 amide bonds. The van der Waals surface area contributed by atoms with Crippen LogP contribution in [0.4, 0.5) is 5.69 Å². The highest BCUT2D eigenvalue weighted by atomic mass is 16.5. The van der Waals surface area contributed by atoms with E-state index >= 15 is 0 Å². The Labute approximate surface area is 119 Å². The Morgan fingerprint density at radius 1 is 1.15 bits per heavy atom. The van der Waals surface area contributed by atoms with Gasteiger partial charge in [-0.3, -0.25) is 4.79 Å². The van der Waals surface area contributed by atoms with Gasteiger partial charge in [0, 0.05) is 11.3 Å². The van der Waals surface area contributed by atoms with Crippen molar-refractivity contribution < 1.29 is 9.53 Å². The van der Waals surface area contributed by atoms with Gasteiger partial charge in [-0.2, -0.15) is 0 Å². The molecule has 1 N–H and O–H groups in total. The van der Waals surface area contributed by atoms with Crippen molar-refractivity contribution in [3.05, 3.63) is 59.7 Å². The molecule has 0 spiro atoms. The van der Waals surface area contributed by atoms with E-state index in [1.807, 2.05) is 50.2 Å². The summed E-state index contributed by atoms with van der Waals surface area (Å²) in [7, 11) is 0. The van der Waals surface area contributed by atoms with E-state index in [0.29, 0.717) is 12.2 Å². The first-order chi connectivity index (χ1) is 9.69. The summed E-state index contributed by atoms with van der Waals surface area (Å²) in [6.45, 7) is 4.70. The monoisotopic (exact) mass is 269 g/mol. The van der Waals surface area contributed by atoms with Crippen molar-refractivity contribution in [3.8, 4) is 5.75 Å². The molecule has 2 rings (SSSR count). The fourth-order valence-corrected chi connectivity index (χ4v) is 1.87. The average molecular weight is 269 g/mol. The van der Waals surface area contributed by atoms with Gasteiger partial charge in [-0.05, 0) is 49.2 Å². The van der Waals surface area contributed by atoms with Gasteiger partial charge in [-0.25, -0.2) is 0 Å². The lowest BCUT2D eigenvalue weighted by Crippen LogP contribution is -2.12. The van der Waals surface area contributed by atoms with E-state index in [4.69, 9.17) is 4.74 Å². The first kappa shape index (κ1) is 14.1. The average Bonchev–Trinajstić information content (AvgIpc) is 2.45. The SMILES string of the molecule is CCCOc1cccc(C(=O)Nc2cccc(C)c2)c1. The number of anilines is 1. The summed E-state index contributed by atoms with van der Waals surface area (Å²) < 4.78 is 5.54. The van der Waals surface area contributed by atoms with Gasteiger partial charge in [0.25, 0.3) is 5.91 Å². The quantitative estimate of drug-likeness (QED) is 0.889. The number of hydrogen-bond donors (Lipinski definition) is 1. The van der Waals surface area contributed by atoms with Crippen LogP contribution in [0.25, 0.3) is 0 Å². The summed E-state index contributed by atoms with van der Waals surface area (Å²) in [6.07, 6.45) is 0.944. The number of carbonyl (C=O) groups excluding carboxylic acids is 1. The van der Waals surface area contributed by atoms with Gasteiger partial charge in [0.2, 0.25) is 0 Å². The Bertz CT molecular complexity index is 593. The molecule has 0 aliphatic carbocycles. The zero-order valence-electron chi connectivity index (χ0n) is 11.8. The summed E-state index contributed by atoms with van der Waals surface area (Å²) in [5.41, 5.74) is 2.51. The third kappa shape index (κ3) is 3.85. The normalized spacial score (nSPS) is 10.1. The zero-order valence-corrected chi connectivity index (χ0v) is 11.8. The van der Waals surface area contributed by atoms with Crippen molar-refractivity contribution in [3.63, 3.8) is 0 Å². The molecule has 0 atom stereocenters. The van der Waals surface area contributed by atoms with Crippen LogP contribution < -0.4 is 10.1 Å². The predicted molar refractivity (Wildman–Crippen MR) is 81.4 cm³/mol. The van der Waals surface area contributed by atoms with Crippen LogP contribution in [-0.2, 0) is 0 Å². The van der Waals surface area contributed by atoms with Gasteiger partial charge in [0.15, 0.2) is 0 Å². The maximum Gasteiger partial charge on any atom is 0.255 e. The third-order valence-corrected chi connectivity index (χ3v) is 2.85. The molecule has 104 valence electrons. The molecule has 20 heavy (non-hydrogen) atoms. The van der Waals surface area contributed by atoms with E-state index in [-0.39, 0.29) is 5.91 Å². The van der Waals surface area contributed by atoms with Gasteiger partial charge in [-0.1, -0.05) is 25.1 Å². The maximum atomic E-state index is 12.2. The number of carbonyl (C=O) groups is 1. The fourth-order valence-electron chi connectivity index (χ4n) is 1.87. The van der Waals surface area contributed by atoms with Crippen LogP contribution in [0, 0.1) is 6.92 Å². The Kier molecular flexibility index (Phi) is 4.77. The van der Waals surface area contributed by atoms with Crippen molar-refractivity contribution in [2.45, 2.75) is 20.3 Å². The largest absolute Gasteiger partial charge is 0.494 e. The molecule has 0 heterocycles. The van der Waals surface area contributed by atoms with E-state index in [0.717, 1.165) is 23.4 Å². The van der Waals surface area contributed by atoms with Crippen LogP contribution in [0.1, 0.15) is 29.3 Å². The molecule has 3 heteroatoms. The molecule has 0 aliphatic rings. The second-order valence-corrected chi connectivity index (χ2v) is 4.70. The fraction of sp³-hybridized carbons (Fsp3) is 0.235. The van der Waals surface area contributed by atoms with Crippen LogP contribution >= 0.6 is 0 Å². The lowest BCUT2D eigenvalue weighted by atomic mass is 10.2. The maximum absolute atomic E-state index is 12.2. The predicted octanol–water partition coefficient (Wildman–Crippen LogP) is 4.04. The molecule has 0 aromatic heterocycles.